The fraction of sp³-hybridized carbons (Fsp3) is 0.412. The third-order valence-electron chi connectivity index (χ3n) is 4.12. The minimum Gasteiger partial charge on any atom is -0.370 e. The fourth-order valence-corrected chi connectivity index (χ4v) is 2.71. The highest BCUT2D eigenvalue weighted by Gasteiger charge is 2.24. The average molecular weight is 299 g/mol. The van der Waals surface area contributed by atoms with E-state index in [9.17, 15) is 4.79 Å². The van der Waals surface area contributed by atoms with Gasteiger partial charge in [0.2, 0.25) is 0 Å². The number of benzene rings is 1. The Morgan fingerprint density at radius 2 is 2.09 bits per heavy atom. The molecule has 5 heteroatoms. The van der Waals surface area contributed by atoms with E-state index in [1.165, 1.54) is 5.56 Å². The summed E-state index contributed by atoms with van der Waals surface area (Å²) in [5, 5.41) is 0. The van der Waals surface area contributed by atoms with E-state index in [1.54, 1.807) is 24.0 Å². The second kappa shape index (κ2) is 6.32. The molecule has 5 nitrogen and oxygen atoms in total. The monoisotopic (exact) mass is 299 g/mol. The van der Waals surface area contributed by atoms with Crippen molar-refractivity contribution in [2.75, 3.05) is 24.6 Å². The van der Waals surface area contributed by atoms with Gasteiger partial charge in [-0.05, 0) is 17.5 Å². The van der Waals surface area contributed by atoms with Gasteiger partial charge in [0.05, 0.1) is 13.2 Å². The molecule has 1 aliphatic rings. The third kappa shape index (κ3) is 2.90. The molecule has 0 amide bonds. The number of ether oxygens (including phenoxy) is 1. The van der Waals surface area contributed by atoms with Gasteiger partial charge < -0.3 is 14.2 Å². The smallest absolute Gasteiger partial charge is 0.293 e. The van der Waals surface area contributed by atoms with Crippen molar-refractivity contribution in [3.63, 3.8) is 0 Å². The molecule has 116 valence electrons. The summed E-state index contributed by atoms with van der Waals surface area (Å²) < 4.78 is 7.44. The van der Waals surface area contributed by atoms with Crippen molar-refractivity contribution < 1.29 is 4.74 Å². The van der Waals surface area contributed by atoms with Gasteiger partial charge in [-0.3, -0.25) is 4.79 Å². The molecule has 2 heterocycles. The summed E-state index contributed by atoms with van der Waals surface area (Å²) in [7, 11) is 1.74. The molecule has 0 aliphatic carbocycles. The van der Waals surface area contributed by atoms with Crippen LogP contribution in [0.3, 0.4) is 0 Å². The lowest BCUT2D eigenvalue weighted by Crippen LogP contribution is -2.42. The molecule has 0 bridgehead atoms. The Morgan fingerprint density at radius 3 is 2.82 bits per heavy atom. The largest absolute Gasteiger partial charge is 0.370 e. The van der Waals surface area contributed by atoms with E-state index < -0.39 is 0 Å². The van der Waals surface area contributed by atoms with E-state index in [0.29, 0.717) is 25.5 Å². The summed E-state index contributed by atoms with van der Waals surface area (Å²) in [5.74, 6) is 0.503. The number of hydrogen-bond acceptors (Lipinski definition) is 4. The SMILES string of the molecule is CCc1ccc([C@@H]2CN(c3nccn(C)c3=O)CCO2)cc1. The zero-order valence-corrected chi connectivity index (χ0v) is 13.0. The lowest BCUT2D eigenvalue weighted by atomic mass is 10.0. The molecule has 22 heavy (non-hydrogen) atoms. The zero-order valence-electron chi connectivity index (χ0n) is 13.0. The van der Waals surface area contributed by atoms with E-state index in [0.717, 1.165) is 12.0 Å². The van der Waals surface area contributed by atoms with Crippen LogP contribution in [0.5, 0.6) is 0 Å². The Kier molecular flexibility index (Phi) is 4.24. The van der Waals surface area contributed by atoms with Gasteiger partial charge in [0, 0.05) is 26.0 Å². The number of aromatic nitrogens is 2. The number of nitrogens with zero attached hydrogens (tertiary/aromatic N) is 3. The summed E-state index contributed by atoms with van der Waals surface area (Å²) in [6.45, 7) is 4.08. The Balaban J connectivity index is 1.81. The van der Waals surface area contributed by atoms with Gasteiger partial charge in [0.25, 0.3) is 5.56 Å². The topological polar surface area (TPSA) is 47.4 Å². The fourth-order valence-electron chi connectivity index (χ4n) is 2.71. The van der Waals surface area contributed by atoms with Crippen molar-refractivity contribution in [3.05, 3.63) is 58.1 Å². The molecule has 1 saturated heterocycles. The molecule has 0 N–H and O–H groups in total. The van der Waals surface area contributed by atoms with Crippen molar-refractivity contribution >= 4 is 5.82 Å². The van der Waals surface area contributed by atoms with Gasteiger partial charge >= 0.3 is 0 Å². The maximum atomic E-state index is 12.2. The molecule has 1 atom stereocenters. The van der Waals surface area contributed by atoms with Gasteiger partial charge in [0.1, 0.15) is 6.10 Å². The molecule has 0 unspecified atom stereocenters. The van der Waals surface area contributed by atoms with Gasteiger partial charge in [-0.15, -0.1) is 0 Å². The van der Waals surface area contributed by atoms with Gasteiger partial charge in [0.15, 0.2) is 5.82 Å². The van der Waals surface area contributed by atoms with Crippen molar-refractivity contribution in [2.24, 2.45) is 7.05 Å². The second-order valence-corrected chi connectivity index (χ2v) is 5.57. The van der Waals surface area contributed by atoms with Gasteiger partial charge in [-0.25, -0.2) is 4.98 Å². The number of hydrogen-bond donors (Lipinski definition) is 0. The Hall–Kier alpha value is -2.14. The van der Waals surface area contributed by atoms with Crippen LogP contribution in [0.15, 0.2) is 41.5 Å². The van der Waals surface area contributed by atoms with Gasteiger partial charge in [-0.1, -0.05) is 31.2 Å². The number of morpholine rings is 1. The Morgan fingerprint density at radius 1 is 1.32 bits per heavy atom. The molecule has 1 aromatic heterocycles. The molecule has 2 aromatic rings. The highest BCUT2D eigenvalue weighted by molar-refractivity contribution is 5.37. The quantitative estimate of drug-likeness (QED) is 0.869. The van der Waals surface area contributed by atoms with Crippen molar-refractivity contribution in [1.29, 1.82) is 0 Å². The first-order valence-electron chi connectivity index (χ1n) is 7.66. The van der Waals surface area contributed by atoms with E-state index >= 15 is 0 Å². The molecule has 1 fully saturated rings. The van der Waals surface area contributed by atoms with Gasteiger partial charge in [-0.2, -0.15) is 0 Å². The van der Waals surface area contributed by atoms with Crippen LogP contribution in [0.25, 0.3) is 0 Å². The average Bonchev–Trinajstić information content (AvgIpc) is 2.57. The van der Waals surface area contributed by atoms with Crippen LogP contribution in [0, 0.1) is 0 Å². The van der Waals surface area contributed by atoms with Crippen LogP contribution in [0.4, 0.5) is 5.82 Å². The predicted octanol–water partition coefficient (Wildman–Crippen LogP) is 1.92. The number of anilines is 1. The number of rotatable bonds is 3. The third-order valence-corrected chi connectivity index (χ3v) is 4.12. The normalized spacial score (nSPS) is 18.5. The zero-order chi connectivity index (χ0) is 15.5. The summed E-state index contributed by atoms with van der Waals surface area (Å²) in [4.78, 5) is 18.5. The summed E-state index contributed by atoms with van der Waals surface area (Å²) in [6.07, 6.45) is 4.35. The molecular formula is C17H21N3O2. The maximum Gasteiger partial charge on any atom is 0.293 e. The van der Waals surface area contributed by atoms with E-state index in [-0.39, 0.29) is 11.7 Å². The van der Waals surface area contributed by atoms with Crippen LogP contribution in [-0.4, -0.2) is 29.2 Å². The molecule has 0 spiro atoms. The Bertz CT molecular complexity index is 694. The van der Waals surface area contributed by atoms with Crippen LogP contribution >= 0.6 is 0 Å². The number of aryl methyl sites for hydroxylation is 2. The lowest BCUT2D eigenvalue weighted by Gasteiger charge is -2.33. The second-order valence-electron chi connectivity index (χ2n) is 5.57. The lowest BCUT2D eigenvalue weighted by molar-refractivity contribution is 0.0394. The highest BCUT2D eigenvalue weighted by Crippen LogP contribution is 2.24. The first kappa shape index (κ1) is 14.8. The van der Waals surface area contributed by atoms with Crippen LogP contribution in [0.2, 0.25) is 0 Å². The molecule has 0 saturated carbocycles. The van der Waals surface area contributed by atoms with Crippen LogP contribution in [0.1, 0.15) is 24.2 Å². The van der Waals surface area contributed by atoms with E-state index in [2.05, 4.69) is 36.2 Å². The maximum absolute atomic E-state index is 12.2. The summed E-state index contributed by atoms with van der Waals surface area (Å²) in [6, 6.07) is 8.50. The van der Waals surface area contributed by atoms with E-state index in [1.807, 2.05) is 4.90 Å². The molecule has 1 aromatic carbocycles. The minimum atomic E-state index is -0.0653. The summed E-state index contributed by atoms with van der Waals surface area (Å²) in [5.41, 5.74) is 2.40. The van der Waals surface area contributed by atoms with Crippen molar-refractivity contribution in [2.45, 2.75) is 19.4 Å². The van der Waals surface area contributed by atoms with Crippen LogP contribution in [-0.2, 0) is 18.2 Å². The van der Waals surface area contributed by atoms with Crippen LogP contribution < -0.4 is 10.5 Å². The first-order chi connectivity index (χ1) is 10.7. The first-order valence-corrected chi connectivity index (χ1v) is 7.66. The van der Waals surface area contributed by atoms with E-state index in [4.69, 9.17) is 4.74 Å². The summed E-state index contributed by atoms with van der Waals surface area (Å²) >= 11 is 0. The van der Waals surface area contributed by atoms with Crippen molar-refractivity contribution in [3.8, 4) is 0 Å². The molecular weight excluding hydrogens is 278 g/mol. The predicted molar refractivity (Wildman–Crippen MR) is 86.2 cm³/mol. The highest BCUT2D eigenvalue weighted by atomic mass is 16.5. The standard InChI is InChI=1S/C17H21N3O2/c1-3-13-4-6-14(7-5-13)15-12-20(10-11-22-15)16-17(21)19(2)9-8-18-16/h4-9,15H,3,10-12H2,1-2H3/t15-/m0/s1. The molecule has 1 aliphatic heterocycles. The molecule has 3 rings (SSSR count). The Labute approximate surface area is 130 Å². The molecule has 0 radical (unpaired) electrons. The van der Waals surface area contributed by atoms with Crippen molar-refractivity contribution in [1.82, 2.24) is 9.55 Å². The minimum absolute atomic E-state index is 0.0219.